The molecule has 0 radical (unpaired) electrons. The van der Waals surface area contributed by atoms with E-state index in [1.807, 2.05) is 78.9 Å². The van der Waals surface area contributed by atoms with Crippen molar-refractivity contribution in [2.24, 2.45) is 0 Å². The van der Waals surface area contributed by atoms with Gasteiger partial charge in [-0.3, -0.25) is 0 Å². The lowest BCUT2D eigenvalue weighted by atomic mass is 10.1. The van der Waals surface area contributed by atoms with Gasteiger partial charge in [-0.05, 0) is 80.6 Å². The molecule has 0 saturated heterocycles. The standard InChI is InChI=1S/C24H16I2O3/c25-20-12-17(13-21(26)23(20)28-15-16-7-3-1-4-8-16)11-19-14-22(29-24(19)27)18-9-5-2-6-10-18/h1-14H,15H2/b19-11-. The number of esters is 1. The van der Waals surface area contributed by atoms with Crippen molar-refractivity contribution in [3.8, 4) is 5.75 Å². The Morgan fingerprint density at radius 3 is 2.17 bits per heavy atom. The Morgan fingerprint density at radius 2 is 1.52 bits per heavy atom. The molecule has 0 amide bonds. The fourth-order valence-corrected chi connectivity index (χ4v) is 5.07. The summed E-state index contributed by atoms with van der Waals surface area (Å²) in [6.45, 7) is 0.517. The number of hydrogen-bond donors (Lipinski definition) is 0. The summed E-state index contributed by atoms with van der Waals surface area (Å²) in [7, 11) is 0. The number of carbonyl (C=O) groups excluding carboxylic acids is 1. The van der Waals surface area contributed by atoms with E-state index >= 15 is 0 Å². The van der Waals surface area contributed by atoms with E-state index in [1.165, 1.54) is 0 Å². The lowest BCUT2D eigenvalue weighted by Crippen LogP contribution is -2.00. The number of carbonyl (C=O) groups is 1. The topological polar surface area (TPSA) is 35.5 Å². The van der Waals surface area contributed by atoms with E-state index in [-0.39, 0.29) is 5.97 Å². The minimum Gasteiger partial charge on any atom is -0.487 e. The Labute approximate surface area is 196 Å². The van der Waals surface area contributed by atoms with Gasteiger partial charge in [-0.2, -0.15) is 0 Å². The quantitative estimate of drug-likeness (QED) is 0.190. The molecule has 4 rings (SSSR count). The van der Waals surface area contributed by atoms with Crippen LogP contribution in [0.1, 0.15) is 16.7 Å². The highest BCUT2D eigenvalue weighted by molar-refractivity contribution is 14.1. The first kappa shape index (κ1) is 20.2. The Balaban J connectivity index is 1.56. The molecule has 0 spiro atoms. The summed E-state index contributed by atoms with van der Waals surface area (Å²) >= 11 is 4.54. The predicted molar refractivity (Wildman–Crippen MR) is 131 cm³/mol. The zero-order chi connectivity index (χ0) is 20.2. The molecule has 0 saturated carbocycles. The number of benzene rings is 3. The Kier molecular flexibility index (Phi) is 6.34. The van der Waals surface area contributed by atoms with Gasteiger partial charge >= 0.3 is 5.97 Å². The molecule has 0 fully saturated rings. The first-order valence-corrected chi connectivity index (χ1v) is 11.1. The fraction of sp³-hybridized carbons (Fsp3) is 0.0417. The van der Waals surface area contributed by atoms with Gasteiger partial charge in [0.05, 0.1) is 12.7 Å². The highest BCUT2D eigenvalue weighted by atomic mass is 127. The molecule has 0 atom stereocenters. The van der Waals surface area contributed by atoms with Crippen molar-refractivity contribution < 1.29 is 14.3 Å². The zero-order valence-electron chi connectivity index (χ0n) is 15.3. The molecule has 0 N–H and O–H groups in total. The van der Waals surface area contributed by atoms with Gasteiger partial charge in [-0.1, -0.05) is 60.7 Å². The van der Waals surface area contributed by atoms with E-state index in [9.17, 15) is 4.79 Å². The summed E-state index contributed by atoms with van der Waals surface area (Å²) < 4.78 is 13.5. The third-order valence-corrected chi connectivity index (χ3v) is 5.95. The molecule has 29 heavy (non-hydrogen) atoms. The van der Waals surface area contributed by atoms with E-state index in [0.717, 1.165) is 29.6 Å². The number of rotatable bonds is 5. The van der Waals surface area contributed by atoms with Crippen molar-refractivity contribution in [3.63, 3.8) is 0 Å². The van der Waals surface area contributed by atoms with Gasteiger partial charge in [-0.15, -0.1) is 0 Å². The van der Waals surface area contributed by atoms with Crippen LogP contribution in [-0.4, -0.2) is 5.97 Å². The van der Waals surface area contributed by atoms with E-state index in [2.05, 4.69) is 45.2 Å². The highest BCUT2D eigenvalue weighted by Crippen LogP contribution is 2.32. The van der Waals surface area contributed by atoms with Crippen molar-refractivity contribution >= 4 is 63.0 Å². The Bertz CT molecular complexity index is 1080. The lowest BCUT2D eigenvalue weighted by molar-refractivity contribution is -0.130. The van der Waals surface area contributed by atoms with Gasteiger partial charge in [-0.25, -0.2) is 4.79 Å². The molecule has 144 valence electrons. The van der Waals surface area contributed by atoms with E-state index < -0.39 is 0 Å². The lowest BCUT2D eigenvalue weighted by Gasteiger charge is -2.11. The monoisotopic (exact) mass is 606 g/mol. The first-order valence-electron chi connectivity index (χ1n) is 8.97. The molecule has 5 heteroatoms. The minimum atomic E-state index is -0.335. The molecule has 0 bridgehead atoms. The van der Waals surface area contributed by atoms with Crippen molar-refractivity contribution in [2.45, 2.75) is 6.61 Å². The largest absolute Gasteiger partial charge is 0.487 e. The maximum Gasteiger partial charge on any atom is 0.343 e. The summed E-state index contributed by atoms with van der Waals surface area (Å²) in [5.41, 5.74) is 3.48. The molecule has 3 aromatic carbocycles. The maximum atomic E-state index is 12.3. The number of halogens is 2. The van der Waals surface area contributed by atoms with E-state index in [1.54, 1.807) is 6.08 Å². The second-order valence-corrected chi connectivity index (χ2v) is 8.78. The molecule has 0 aliphatic carbocycles. The SMILES string of the molecule is O=C1OC(c2ccccc2)=C/C1=C/c1cc(I)c(OCc2ccccc2)c(I)c1. The van der Waals surface area contributed by atoms with Crippen molar-refractivity contribution in [2.75, 3.05) is 0 Å². The highest BCUT2D eigenvalue weighted by Gasteiger charge is 2.22. The van der Waals surface area contributed by atoms with Crippen molar-refractivity contribution in [3.05, 3.63) is 108 Å². The van der Waals surface area contributed by atoms with Gasteiger partial charge in [0.2, 0.25) is 0 Å². The van der Waals surface area contributed by atoms with Gasteiger partial charge < -0.3 is 9.47 Å². The second kappa shape index (κ2) is 9.13. The van der Waals surface area contributed by atoms with Gasteiger partial charge in [0.15, 0.2) is 0 Å². The molecule has 1 aliphatic heterocycles. The van der Waals surface area contributed by atoms with Crippen LogP contribution in [0.5, 0.6) is 5.75 Å². The van der Waals surface area contributed by atoms with Crippen LogP contribution in [0.2, 0.25) is 0 Å². The first-order chi connectivity index (χ1) is 14.1. The van der Waals surface area contributed by atoms with Crippen LogP contribution in [-0.2, 0) is 16.1 Å². The molecular formula is C24H16I2O3. The summed E-state index contributed by atoms with van der Waals surface area (Å²) in [5.74, 6) is 1.10. The predicted octanol–water partition coefficient (Wildman–Crippen LogP) is 6.46. The molecule has 1 heterocycles. The van der Waals surface area contributed by atoms with E-state index in [4.69, 9.17) is 9.47 Å². The average Bonchev–Trinajstić information content (AvgIpc) is 3.09. The second-order valence-electron chi connectivity index (χ2n) is 6.45. The summed E-state index contributed by atoms with van der Waals surface area (Å²) in [6.07, 6.45) is 3.64. The molecule has 3 nitrogen and oxygen atoms in total. The Morgan fingerprint density at radius 1 is 0.897 bits per heavy atom. The fourth-order valence-electron chi connectivity index (χ4n) is 2.94. The van der Waals surface area contributed by atoms with Crippen LogP contribution in [0.25, 0.3) is 11.8 Å². The minimum absolute atomic E-state index is 0.335. The number of cyclic esters (lactones) is 1. The summed E-state index contributed by atoms with van der Waals surface area (Å²) in [4.78, 5) is 12.3. The van der Waals surface area contributed by atoms with Gasteiger partial charge in [0.1, 0.15) is 18.1 Å². The molecule has 3 aromatic rings. The van der Waals surface area contributed by atoms with Crippen LogP contribution in [0, 0.1) is 7.14 Å². The normalized spacial score (nSPS) is 14.6. The number of ether oxygens (including phenoxy) is 2. The van der Waals surface area contributed by atoms with E-state index in [0.29, 0.717) is 17.9 Å². The molecule has 0 aromatic heterocycles. The third-order valence-electron chi connectivity index (χ3n) is 4.35. The van der Waals surface area contributed by atoms with Crippen molar-refractivity contribution in [1.82, 2.24) is 0 Å². The Hall–Kier alpha value is -2.13. The molecule has 1 aliphatic rings. The summed E-state index contributed by atoms with van der Waals surface area (Å²) in [6, 6.07) is 23.7. The maximum absolute atomic E-state index is 12.3. The van der Waals surface area contributed by atoms with Gasteiger partial charge in [0, 0.05) is 5.56 Å². The van der Waals surface area contributed by atoms with Crippen molar-refractivity contribution in [1.29, 1.82) is 0 Å². The average molecular weight is 606 g/mol. The van der Waals surface area contributed by atoms with Gasteiger partial charge in [0.25, 0.3) is 0 Å². The van der Waals surface area contributed by atoms with Crippen LogP contribution < -0.4 is 4.74 Å². The smallest absolute Gasteiger partial charge is 0.343 e. The molecule has 0 unspecified atom stereocenters. The van der Waals surface area contributed by atoms with Crippen LogP contribution in [0.15, 0.2) is 84.4 Å². The summed E-state index contributed by atoms with van der Waals surface area (Å²) in [5, 5.41) is 0. The zero-order valence-corrected chi connectivity index (χ0v) is 19.6. The number of hydrogen-bond acceptors (Lipinski definition) is 3. The molecular weight excluding hydrogens is 590 g/mol. The van der Waals surface area contributed by atoms with Crippen LogP contribution in [0.4, 0.5) is 0 Å². The third kappa shape index (κ3) is 4.90. The van der Waals surface area contributed by atoms with Crippen LogP contribution >= 0.6 is 45.2 Å². The van der Waals surface area contributed by atoms with Crippen LogP contribution in [0.3, 0.4) is 0 Å².